The van der Waals surface area contributed by atoms with Gasteiger partial charge in [0.15, 0.2) is 0 Å². The van der Waals surface area contributed by atoms with E-state index >= 15 is 0 Å². The number of fused-ring (bicyclic) bond motifs is 1. The molecule has 4 aromatic rings. The van der Waals surface area contributed by atoms with Crippen molar-refractivity contribution in [2.24, 2.45) is 0 Å². The van der Waals surface area contributed by atoms with E-state index in [1.807, 2.05) is 48.5 Å². The highest BCUT2D eigenvalue weighted by atomic mass is 31.2. The standard InChI is InChI=1S/C27H26NO6PSi/c1-36(27(31)33-18-20-8-4-2-5-9-20)28-35(32,34-25-10-6-3-7-11-25)19-21-12-13-22-14-15-23(26(29)30)17-24(22)16-21/h2-17,36H,18-19H2,1H3,(H,28,32)(H,29,30)/t35?,36-/m0/s1. The summed E-state index contributed by atoms with van der Waals surface area (Å²) in [6.45, 7) is 1.85. The number of ether oxygens (including phenoxy) is 1. The number of hydrogen-bond acceptors (Lipinski definition) is 5. The van der Waals surface area contributed by atoms with Gasteiger partial charge in [0.1, 0.15) is 12.4 Å². The van der Waals surface area contributed by atoms with Crippen LogP contribution in [0, 0.1) is 0 Å². The van der Waals surface area contributed by atoms with Crippen LogP contribution in [-0.2, 0) is 22.1 Å². The fourth-order valence-electron chi connectivity index (χ4n) is 3.73. The molecule has 36 heavy (non-hydrogen) atoms. The second-order valence-corrected chi connectivity index (χ2v) is 13.2. The van der Waals surface area contributed by atoms with Crippen LogP contribution in [0.1, 0.15) is 21.5 Å². The van der Waals surface area contributed by atoms with Gasteiger partial charge in [-0.3, -0.25) is 9.36 Å². The van der Waals surface area contributed by atoms with Gasteiger partial charge in [0.25, 0.3) is 5.59 Å². The molecule has 0 saturated heterocycles. The number of nitrogens with one attached hydrogen (secondary N) is 1. The Hall–Kier alpha value is -3.71. The number of para-hydroxylation sites is 1. The molecule has 2 N–H and O–H groups in total. The Morgan fingerprint density at radius 2 is 1.53 bits per heavy atom. The van der Waals surface area contributed by atoms with Crippen molar-refractivity contribution in [2.75, 3.05) is 0 Å². The second kappa shape index (κ2) is 11.3. The molecule has 0 spiro atoms. The Balaban J connectivity index is 1.55. The van der Waals surface area contributed by atoms with Crippen LogP contribution in [0.4, 0.5) is 4.79 Å². The van der Waals surface area contributed by atoms with Crippen molar-refractivity contribution >= 4 is 38.8 Å². The van der Waals surface area contributed by atoms with Crippen LogP contribution >= 0.6 is 7.52 Å². The van der Waals surface area contributed by atoms with E-state index in [-0.39, 0.29) is 18.3 Å². The van der Waals surface area contributed by atoms with Crippen LogP contribution in [-0.4, -0.2) is 25.6 Å². The van der Waals surface area contributed by atoms with E-state index < -0.39 is 28.0 Å². The molecule has 0 fully saturated rings. The monoisotopic (exact) mass is 519 g/mol. The van der Waals surface area contributed by atoms with Crippen molar-refractivity contribution < 1.29 is 28.5 Å². The third-order valence-electron chi connectivity index (χ3n) is 5.51. The first-order valence-electron chi connectivity index (χ1n) is 11.4. The maximum atomic E-state index is 14.1. The van der Waals surface area contributed by atoms with Crippen LogP contribution in [0.3, 0.4) is 0 Å². The van der Waals surface area contributed by atoms with E-state index in [0.717, 1.165) is 10.9 Å². The van der Waals surface area contributed by atoms with E-state index in [1.54, 1.807) is 55.1 Å². The van der Waals surface area contributed by atoms with Gasteiger partial charge in [-0.2, -0.15) is 0 Å². The summed E-state index contributed by atoms with van der Waals surface area (Å²) >= 11 is 0. The Bertz CT molecular complexity index is 1410. The molecule has 0 bridgehead atoms. The fraction of sp³-hybridized carbons (Fsp3) is 0.111. The van der Waals surface area contributed by atoms with Crippen molar-refractivity contribution in [2.45, 2.75) is 19.3 Å². The lowest BCUT2D eigenvalue weighted by molar-refractivity contribution is 0.0697. The van der Waals surface area contributed by atoms with Gasteiger partial charge in [-0.1, -0.05) is 72.8 Å². The van der Waals surface area contributed by atoms with Crippen molar-refractivity contribution in [3.05, 3.63) is 114 Å². The molecule has 9 heteroatoms. The third-order valence-corrected chi connectivity index (χ3v) is 10.8. The van der Waals surface area contributed by atoms with Gasteiger partial charge in [-0.05, 0) is 52.7 Å². The van der Waals surface area contributed by atoms with Gasteiger partial charge < -0.3 is 14.4 Å². The number of rotatable bonds is 10. The first kappa shape index (κ1) is 25.4. The molecule has 4 rings (SSSR count). The van der Waals surface area contributed by atoms with Crippen molar-refractivity contribution in [1.82, 2.24) is 4.75 Å². The summed E-state index contributed by atoms with van der Waals surface area (Å²) in [4.78, 5) is 24.1. The summed E-state index contributed by atoms with van der Waals surface area (Å²) in [5.41, 5.74) is 1.31. The van der Waals surface area contributed by atoms with Crippen LogP contribution in [0.2, 0.25) is 6.55 Å². The summed E-state index contributed by atoms with van der Waals surface area (Å²) < 4.78 is 28.5. The molecule has 7 nitrogen and oxygen atoms in total. The zero-order valence-corrected chi connectivity index (χ0v) is 21.7. The molecular weight excluding hydrogens is 493 g/mol. The molecular formula is C27H26NO6PSi. The number of carbonyl (C=O) groups is 2. The second-order valence-electron chi connectivity index (χ2n) is 8.38. The number of carboxylic acid groups (broad SMARTS) is 1. The molecule has 2 atom stereocenters. The van der Waals surface area contributed by atoms with Crippen molar-refractivity contribution in [3.8, 4) is 5.75 Å². The van der Waals surface area contributed by atoms with Gasteiger partial charge >= 0.3 is 13.5 Å². The van der Waals surface area contributed by atoms with Crippen LogP contribution < -0.4 is 9.28 Å². The molecule has 0 aliphatic carbocycles. The smallest absolute Gasteiger partial charge is 0.335 e. The minimum atomic E-state index is -3.58. The highest BCUT2D eigenvalue weighted by Gasteiger charge is 2.32. The first-order chi connectivity index (χ1) is 17.3. The summed E-state index contributed by atoms with van der Waals surface area (Å²) in [6, 6.07) is 28.5. The minimum absolute atomic E-state index is 0.0123. The lowest BCUT2D eigenvalue weighted by Gasteiger charge is -2.23. The van der Waals surface area contributed by atoms with E-state index in [9.17, 15) is 19.3 Å². The molecule has 0 saturated carbocycles. The van der Waals surface area contributed by atoms with E-state index in [0.29, 0.717) is 16.7 Å². The van der Waals surface area contributed by atoms with Crippen LogP contribution in [0.5, 0.6) is 5.75 Å². The van der Waals surface area contributed by atoms with Crippen LogP contribution in [0.25, 0.3) is 10.8 Å². The Labute approximate surface area is 210 Å². The summed E-state index contributed by atoms with van der Waals surface area (Å²) in [5, 5.41) is 10.9. The van der Waals surface area contributed by atoms with Gasteiger partial charge in [-0.25, -0.2) is 9.55 Å². The Morgan fingerprint density at radius 3 is 2.22 bits per heavy atom. The van der Waals surface area contributed by atoms with Gasteiger partial charge in [0, 0.05) is 0 Å². The molecule has 0 radical (unpaired) electrons. The van der Waals surface area contributed by atoms with E-state index in [1.165, 1.54) is 0 Å². The predicted molar refractivity (Wildman–Crippen MR) is 142 cm³/mol. The fourth-order valence-corrected chi connectivity index (χ4v) is 8.62. The normalized spacial score (nSPS) is 13.5. The molecule has 1 unspecified atom stereocenters. The van der Waals surface area contributed by atoms with Crippen LogP contribution in [0.15, 0.2) is 97.1 Å². The molecule has 0 aromatic heterocycles. The molecule has 0 amide bonds. The number of benzene rings is 4. The number of hydrogen-bond donors (Lipinski definition) is 2. The SMILES string of the molecule is C[Si@H](NP(=O)(Cc1ccc2ccc(C(=O)O)cc2c1)Oc1ccccc1)C(=O)OCc1ccccc1. The Kier molecular flexibility index (Phi) is 8.00. The summed E-state index contributed by atoms with van der Waals surface area (Å²) in [5.74, 6) is -0.600. The average Bonchev–Trinajstić information content (AvgIpc) is 2.87. The largest absolute Gasteiger partial charge is 0.478 e. The zero-order chi connectivity index (χ0) is 25.5. The number of carboxylic acids is 1. The van der Waals surface area contributed by atoms with Crippen molar-refractivity contribution in [1.29, 1.82) is 0 Å². The molecule has 0 aliphatic rings. The third kappa shape index (κ3) is 6.70. The van der Waals surface area contributed by atoms with Gasteiger partial charge in [0.2, 0.25) is 8.96 Å². The number of aromatic carboxylic acids is 1. The lowest BCUT2D eigenvalue weighted by atomic mass is 10.0. The highest BCUT2D eigenvalue weighted by molar-refractivity contribution is 7.58. The lowest BCUT2D eigenvalue weighted by Crippen LogP contribution is -2.38. The maximum Gasteiger partial charge on any atom is 0.335 e. The first-order valence-corrected chi connectivity index (χ1v) is 15.5. The Morgan fingerprint density at radius 1 is 0.861 bits per heavy atom. The maximum absolute atomic E-state index is 14.1. The van der Waals surface area contributed by atoms with E-state index in [2.05, 4.69) is 4.75 Å². The van der Waals surface area contributed by atoms with Gasteiger partial charge in [0.05, 0.1) is 11.7 Å². The minimum Gasteiger partial charge on any atom is -0.478 e. The molecule has 4 aromatic carbocycles. The molecule has 0 heterocycles. The van der Waals surface area contributed by atoms with E-state index in [4.69, 9.17) is 9.26 Å². The van der Waals surface area contributed by atoms with Crippen molar-refractivity contribution in [3.63, 3.8) is 0 Å². The summed E-state index contributed by atoms with van der Waals surface area (Å²) in [7, 11) is -6.08. The topological polar surface area (TPSA) is 102 Å². The summed E-state index contributed by atoms with van der Waals surface area (Å²) in [6.07, 6.45) is 0.0123. The van der Waals surface area contributed by atoms with Gasteiger partial charge in [-0.15, -0.1) is 0 Å². The highest BCUT2D eigenvalue weighted by Crippen LogP contribution is 2.47. The molecule has 184 valence electrons. The molecule has 0 aliphatic heterocycles. The zero-order valence-electron chi connectivity index (χ0n) is 19.7. The predicted octanol–water partition coefficient (Wildman–Crippen LogP) is 6.17. The number of carbonyl (C=O) groups excluding carboxylic acids is 1. The average molecular weight is 520 g/mol. The quantitative estimate of drug-likeness (QED) is 0.191.